The first-order valence-corrected chi connectivity index (χ1v) is 6.42. The van der Waals surface area contributed by atoms with Gasteiger partial charge in [0.15, 0.2) is 0 Å². The molecule has 2 saturated heterocycles. The van der Waals surface area contributed by atoms with Crippen molar-refractivity contribution in [2.75, 3.05) is 32.7 Å². The van der Waals surface area contributed by atoms with E-state index in [1.807, 2.05) is 0 Å². The van der Waals surface area contributed by atoms with Gasteiger partial charge in [-0.2, -0.15) is 0 Å². The lowest BCUT2D eigenvalue weighted by atomic mass is 9.82. The number of nitrogens with zero attached hydrogens (tertiary/aromatic N) is 1. The minimum atomic E-state index is 0.526. The fourth-order valence-corrected chi connectivity index (χ4v) is 3.15. The first kappa shape index (κ1) is 11.4. The summed E-state index contributed by atoms with van der Waals surface area (Å²) < 4.78 is 0. The molecule has 2 aliphatic heterocycles. The molecule has 0 radical (unpaired) electrons. The van der Waals surface area contributed by atoms with Crippen LogP contribution in [0.25, 0.3) is 0 Å². The molecule has 2 heteroatoms. The van der Waals surface area contributed by atoms with E-state index in [0.29, 0.717) is 10.8 Å². The zero-order valence-corrected chi connectivity index (χ0v) is 10.6. The molecule has 2 aliphatic rings. The average Bonchev–Trinajstić information content (AvgIpc) is 2.45. The summed E-state index contributed by atoms with van der Waals surface area (Å²) in [7, 11) is 0. The molecular formula is C13H26N2. The van der Waals surface area contributed by atoms with Crippen molar-refractivity contribution in [1.82, 2.24) is 10.2 Å². The second-order valence-corrected chi connectivity index (χ2v) is 6.72. The van der Waals surface area contributed by atoms with Crippen molar-refractivity contribution in [3.05, 3.63) is 0 Å². The molecule has 0 amide bonds. The summed E-state index contributed by atoms with van der Waals surface area (Å²) >= 11 is 0. The summed E-state index contributed by atoms with van der Waals surface area (Å²) in [5.74, 6) is 0. The number of piperidine rings is 1. The zero-order valence-electron chi connectivity index (χ0n) is 10.6. The van der Waals surface area contributed by atoms with Crippen molar-refractivity contribution in [2.24, 2.45) is 10.8 Å². The third-order valence-corrected chi connectivity index (χ3v) is 4.05. The molecule has 15 heavy (non-hydrogen) atoms. The minimum absolute atomic E-state index is 0.526. The van der Waals surface area contributed by atoms with E-state index in [-0.39, 0.29) is 0 Å². The number of hydrogen-bond acceptors (Lipinski definition) is 2. The van der Waals surface area contributed by atoms with Crippen LogP contribution in [0.1, 0.15) is 40.0 Å². The van der Waals surface area contributed by atoms with Gasteiger partial charge in [-0.1, -0.05) is 20.8 Å². The molecule has 2 fully saturated rings. The zero-order chi connectivity index (χ0) is 10.9. The lowest BCUT2D eigenvalue weighted by Gasteiger charge is -2.37. The van der Waals surface area contributed by atoms with E-state index < -0.39 is 0 Å². The first-order valence-electron chi connectivity index (χ1n) is 6.42. The Bertz CT molecular complexity index is 217. The highest BCUT2D eigenvalue weighted by Crippen LogP contribution is 2.33. The maximum Gasteiger partial charge on any atom is 0.00477 e. The van der Waals surface area contributed by atoms with Gasteiger partial charge in [0.1, 0.15) is 0 Å². The molecule has 0 aliphatic carbocycles. The van der Waals surface area contributed by atoms with Gasteiger partial charge < -0.3 is 10.2 Å². The molecular weight excluding hydrogens is 184 g/mol. The van der Waals surface area contributed by atoms with Gasteiger partial charge in [0.05, 0.1) is 0 Å². The quantitative estimate of drug-likeness (QED) is 0.751. The van der Waals surface area contributed by atoms with Crippen molar-refractivity contribution in [3.63, 3.8) is 0 Å². The average molecular weight is 210 g/mol. The van der Waals surface area contributed by atoms with Crippen LogP contribution in [0.5, 0.6) is 0 Å². The van der Waals surface area contributed by atoms with E-state index in [0.717, 1.165) is 0 Å². The van der Waals surface area contributed by atoms with Crippen LogP contribution >= 0.6 is 0 Å². The van der Waals surface area contributed by atoms with Crippen LogP contribution in [0.15, 0.2) is 0 Å². The maximum absolute atomic E-state index is 3.54. The lowest BCUT2D eigenvalue weighted by molar-refractivity contribution is 0.144. The first-order chi connectivity index (χ1) is 6.99. The summed E-state index contributed by atoms with van der Waals surface area (Å²) in [6.45, 7) is 13.6. The van der Waals surface area contributed by atoms with E-state index >= 15 is 0 Å². The lowest BCUT2D eigenvalue weighted by Crippen LogP contribution is -2.45. The largest absolute Gasteiger partial charge is 0.316 e. The van der Waals surface area contributed by atoms with Gasteiger partial charge in [0.2, 0.25) is 0 Å². The van der Waals surface area contributed by atoms with Gasteiger partial charge in [0, 0.05) is 19.6 Å². The van der Waals surface area contributed by atoms with Crippen molar-refractivity contribution < 1.29 is 0 Å². The summed E-state index contributed by atoms with van der Waals surface area (Å²) in [6, 6.07) is 0. The Hall–Kier alpha value is -0.0800. The standard InChI is InChI=1S/C13H26N2/c1-12(2)6-8-15(10-12)11-13(3)5-4-7-14-9-13/h14H,4-11H2,1-3H3. The molecule has 0 aromatic rings. The van der Waals surface area contributed by atoms with E-state index in [4.69, 9.17) is 0 Å². The van der Waals surface area contributed by atoms with Crippen LogP contribution in [0, 0.1) is 10.8 Å². The maximum atomic E-state index is 3.54. The minimum Gasteiger partial charge on any atom is -0.316 e. The third-order valence-electron chi connectivity index (χ3n) is 4.05. The van der Waals surface area contributed by atoms with Gasteiger partial charge >= 0.3 is 0 Å². The normalized spacial score (nSPS) is 37.0. The van der Waals surface area contributed by atoms with Gasteiger partial charge in [-0.15, -0.1) is 0 Å². The summed E-state index contributed by atoms with van der Waals surface area (Å²) in [6.07, 6.45) is 4.13. The Kier molecular flexibility index (Phi) is 3.09. The van der Waals surface area contributed by atoms with Crippen molar-refractivity contribution in [3.8, 4) is 0 Å². The third kappa shape index (κ3) is 2.94. The van der Waals surface area contributed by atoms with Crippen LogP contribution in [0.4, 0.5) is 0 Å². The highest BCUT2D eigenvalue weighted by Gasteiger charge is 2.34. The molecule has 0 spiro atoms. The predicted octanol–water partition coefficient (Wildman–Crippen LogP) is 2.11. The Morgan fingerprint density at radius 2 is 2.00 bits per heavy atom. The molecule has 0 aromatic carbocycles. The summed E-state index contributed by atoms with van der Waals surface area (Å²) in [4.78, 5) is 2.67. The highest BCUT2D eigenvalue weighted by molar-refractivity contribution is 4.89. The van der Waals surface area contributed by atoms with E-state index in [1.165, 1.54) is 52.0 Å². The molecule has 0 bridgehead atoms. The number of rotatable bonds is 2. The Morgan fingerprint density at radius 3 is 2.53 bits per heavy atom. The second-order valence-electron chi connectivity index (χ2n) is 6.72. The van der Waals surface area contributed by atoms with E-state index in [2.05, 4.69) is 31.0 Å². The molecule has 88 valence electrons. The van der Waals surface area contributed by atoms with E-state index in [9.17, 15) is 0 Å². The van der Waals surface area contributed by atoms with Gasteiger partial charge in [-0.05, 0) is 43.2 Å². The van der Waals surface area contributed by atoms with E-state index in [1.54, 1.807) is 0 Å². The van der Waals surface area contributed by atoms with Crippen LogP contribution in [0.3, 0.4) is 0 Å². The number of nitrogens with one attached hydrogen (secondary N) is 1. The second kappa shape index (κ2) is 4.06. The number of likely N-dealkylation sites (tertiary alicyclic amines) is 1. The van der Waals surface area contributed by atoms with Gasteiger partial charge in [-0.25, -0.2) is 0 Å². The molecule has 1 atom stereocenters. The smallest absolute Gasteiger partial charge is 0.00477 e. The number of hydrogen-bond donors (Lipinski definition) is 1. The van der Waals surface area contributed by atoms with Crippen molar-refractivity contribution >= 4 is 0 Å². The fraction of sp³-hybridized carbons (Fsp3) is 1.00. The van der Waals surface area contributed by atoms with Crippen LogP contribution < -0.4 is 5.32 Å². The van der Waals surface area contributed by atoms with Crippen LogP contribution in [0.2, 0.25) is 0 Å². The molecule has 1 N–H and O–H groups in total. The van der Waals surface area contributed by atoms with Crippen molar-refractivity contribution in [2.45, 2.75) is 40.0 Å². The molecule has 0 saturated carbocycles. The molecule has 0 aromatic heterocycles. The Labute approximate surface area is 94.4 Å². The SMILES string of the molecule is CC1(C)CCN(CC2(C)CCCNC2)C1. The topological polar surface area (TPSA) is 15.3 Å². The van der Waals surface area contributed by atoms with Gasteiger partial charge in [-0.3, -0.25) is 0 Å². The Balaban J connectivity index is 1.86. The highest BCUT2D eigenvalue weighted by atomic mass is 15.2. The van der Waals surface area contributed by atoms with Gasteiger partial charge in [0.25, 0.3) is 0 Å². The summed E-state index contributed by atoms with van der Waals surface area (Å²) in [5, 5.41) is 3.54. The molecule has 2 nitrogen and oxygen atoms in total. The van der Waals surface area contributed by atoms with Crippen LogP contribution in [-0.2, 0) is 0 Å². The van der Waals surface area contributed by atoms with Crippen molar-refractivity contribution in [1.29, 1.82) is 0 Å². The molecule has 1 unspecified atom stereocenters. The fourth-order valence-electron chi connectivity index (χ4n) is 3.15. The molecule has 2 rings (SSSR count). The summed E-state index contributed by atoms with van der Waals surface area (Å²) in [5.41, 5.74) is 1.08. The van der Waals surface area contributed by atoms with Crippen LogP contribution in [-0.4, -0.2) is 37.6 Å². The molecule has 2 heterocycles. The monoisotopic (exact) mass is 210 g/mol. The Morgan fingerprint density at radius 1 is 1.20 bits per heavy atom. The predicted molar refractivity (Wildman–Crippen MR) is 65.0 cm³/mol.